The topological polar surface area (TPSA) is 88.2 Å². The third-order valence-corrected chi connectivity index (χ3v) is 3.38. The number of nitrogens with two attached hydrogens (primary N) is 1. The van der Waals surface area contributed by atoms with Gasteiger partial charge in [-0.05, 0) is 42.7 Å². The van der Waals surface area contributed by atoms with Crippen molar-refractivity contribution >= 4 is 23.2 Å². The first-order chi connectivity index (χ1) is 9.97. The molecule has 1 atom stereocenters. The zero-order valence-corrected chi connectivity index (χ0v) is 12.3. The van der Waals surface area contributed by atoms with Crippen LogP contribution in [0.5, 0.6) is 5.75 Å². The van der Waals surface area contributed by atoms with E-state index in [9.17, 15) is 9.90 Å². The first-order valence-electron chi connectivity index (χ1n) is 6.43. The average molecular weight is 306 g/mol. The number of pyridine rings is 1. The normalized spacial score (nSPS) is 12.0. The molecule has 6 heteroatoms. The summed E-state index contributed by atoms with van der Waals surface area (Å²) in [6.45, 7) is 1.83. The average Bonchev–Trinajstić information content (AvgIpc) is 2.45. The second kappa shape index (κ2) is 6.56. The number of halogens is 1. The number of nitrogens with one attached hydrogen (secondary N) is 1. The van der Waals surface area contributed by atoms with Crippen molar-refractivity contribution in [3.05, 3.63) is 52.8 Å². The summed E-state index contributed by atoms with van der Waals surface area (Å²) < 4.78 is 0. The Morgan fingerprint density at radius 1 is 1.38 bits per heavy atom. The van der Waals surface area contributed by atoms with Gasteiger partial charge in [-0.3, -0.25) is 4.79 Å². The van der Waals surface area contributed by atoms with E-state index in [-0.39, 0.29) is 16.8 Å². The summed E-state index contributed by atoms with van der Waals surface area (Å²) in [6.07, 6.45) is 1.94. The third kappa shape index (κ3) is 3.93. The van der Waals surface area contributed by atoms with Gasteiger partial charge in [-0.25, -0.2) is 4.98 Å². The number of hydrogen-bond donors (Lipinski definition) is 3. The second-order valence-electron chi connectivity index (χ2n) is 4.76. The summed E-state index contributed by atoms with van der Waals surface area (Å²) >= 11 is 5.96. The largest absolute Gasteiger partial charge is 0.508 e. The molecular formula is C15H16ClN3O2. The van der Waals surface area contributed by atoms with Gasteiger partial charge >= 0.3 is 0 Å². The number of phenols is 1. The number of aromatic nitrogens is 1. The predicted octanol–water partition coefficient (Wildman–Crippen LogP) is 2.26. The molecule has 21 heavy (non-hydrogen) atoms. The van der Waals surface area contributed by atoms with Gasteiger partial charge in [0, 0.05) is 6.20 Å². The summed E-state index contributed by atoms with van der Waals surface area (Å²) in [6, 6.07) is 7.61. The van der Waals surface area contributed by atoms with Crippen molar-refractivity contribution in [2.75, 3.05) is 5.32 Å². The van der Waals surface area contributed by atoms with Crippen LogP contribution in [0.1, 0.15) is 11.1 Å². The highest BCUT2D eigenvalue weighted by Gasteiger charge is 2.17. The lowest BCUT2D eigenvalue weighted by Gasteiger charge is -2.14. The van der Waals surface area contributed by atoms with Gasteiger partial charge < -0.3 is 16.2 Å². The van der Waals surface area contributed by atoms with Gasteiger partial charge in [0.25, 0.3) is 0 Å². The van der Waals surface area contributed by atoms with Gasteiger partial charge in [0.05, 0.1) is 11.7 Å². The van der Waals surface area contributed by atoms with Gasteiger partial charge in [0.2, 0.25) is 5.91 Å². The molecule has 110 valence electrons. The highest BCUT2D eigenvalue weighted by atomic mass is 35.5. The maximum atomic E-state index is 12.1. The van der Waals surface area contributed by atoms with E-state index in [1.165, 1.54) is 0 Å². The number of amides is 1. The molecule has 0 aliphatic heterocycles. The second-order valence-corrected chi connectivity index (χ2v) is 5.12. The van der Waals surface area contributed by atoms with Crippen molar-refractivity contribution in [3.8, 4) is 5.75 Å². The molecule has 0 bridgehead atoms. The number of carbonyl (C=O) groups excluding carboxylic acids is 1. The fourth-order valence-corrected chi connectivity index (χ4v) is 2.12. The Morgan fingerprint density at radius 3 is 2.67 bits per heavy atom. The van der Waals surface area contributed by atoms with Crippen LogP contribution in [0.3, 0.4) is 0 Å². The van der Waals surface area contributed by atoms with E-state index in [4.69, 9.17) is 17.3 Å². The Kier molecular flexibility index (Phi) is 4.77. The minimum absolute atomic E-state index is 0.175. The maximum Gasteiger partial charge on any atom is 0.241 e. The molecule has 1 aromatic carbocycles. The number of benzene rings is 1. The Hall–Kier alpha value is -2.11. The quantitative estimate of drug-likeness (QED) is 0.756. The molecule has 1 amide bonds. The minimum Gasteiger partial charge on any atom is -0.508 e. The summed E-state index contributed by atoms with van der Waals surface area (Å²) in [5.41, 5.74) is 8.06. The number of anilines is 1. The fourth-order valence-electron chi connectivity index (χ4n) is 1.87. The minimum atomic E-state index is -0.717. The zero-order chi connectivity index (χ0) is 15.4. The highest BCUT2D eigenvalue weighted by Crippen LogP contribution is 2.23. The van der Waals surface area contributed by atoms with E-state index in [0.717, 1.165) is 11.1 Å². The fraction of sp³-hybridized carbons (Fsp3) is 0.200. The molecule has 0 spiro atoms. The number of phenolic OH excluding ortho intramolecular Hbond substituents is 1. The van der Waals surface area contributed by atoms with Crippen LogP contribution in [-0.2, 0) is 11.2 Å². The Balaban J connectivity index is 2.04. The van der Waals surface area contributed by atoms with Crippen molar-refractivity contribution in [2.45, 2.75) is 19.4 Å². The molecule has 0 fully saturated rings. The van der Waals surface area contributed by atoms with Gasteiger partial charge in [-0.15, -0.1) is 0 Å². The SMILES string of the molecule is Cc1ccnc(Cl)c1NC(=O)[C@H](N)Cc1ccc(O)cc1. The summed E-state index contributed by atoms with van der Waals surface area (Å²) in [4.78, 5) is 16.0. The van der Waals surface area contributed by atoms with E-state index >= 15 is 0 Å². The van der Waals surface area contributed by atoms with E-state index in [0.29, 0.717) is 12.1 Å². The van der Waals surface area contributed by atoms with Gasteiger partial charge in [-0.2, -0.15) is 0 Å². The monoisotopic (exact) mass is 305 g/mol. The van der Waals surface area contributed by atoms with Crippen molar-refractivity contribution in [1.82, 2.24) is 4.98 Å². The number of hydrogen-bond acceptors (Lipinski definition) is 4. The van der Waals surface area contributed by atoms with Crippen molar-refractivity contribution in [1.29, 1.82) is 0 Å². The Bertz CT molecular complexity index is 624. The van der Waals surface area contributed by atoms with E-state index in [1.807, 2.05) is 6.92 Å². The third-order valence-electron chi connectivity index (χ3n) is 3.09. The van der Waals surface area contributed by atoms with Crippen LogP contribution < -0.4 is 11.1 Å². The molecular weight excluding hydrogens is 290 g/mol. The van der Waals surface area contributed by atoms with Crippen molar-refractivity contribution in [2.24, 2.45) is 5.73 Å². The summed E-state index contributed by atoms with van der Waals surface area (Å²) in [5.74, 6) is -0.157. The molecule has 2 aromatic rings. The zero-order valence-electron chi connectivity index (χ0n) is 11.5. The van der Waals surface area contributed by atoms with Gasteiger partial charge in [-0.1, -0.05) is 23.7 Å². The molecule has 0 aliphatic carbocycles. The van der Waals surface area contributed by atoms with Crippen LogP contribution in [0.25, 0.3) is 0 Å². The van der Waals surface area contributed by atoms with E-state index in [1.54, 1.807) is 36.5 Å². The number of aromatic hydroxyl groups is 1. The van der Waals surface area contributed by atoms with Crippen LogP contribution in [-0.4, -0.2) is 22.0 Å². The van der Waals surface area contributed by atoms with Crippen molar-refractivity contribution < 1.29 is 9.90 Å². The molecule has 0 unspecified atom stereocenters. The lowest BCUT2D eigenvalue weighted by Crippen LogP contribution is -2.37. The molecule has 5 nitrogen and oxygen atoms in total. The molecule has 2 rings (SSSR count). The Labute approximate surface area is 127 Å². The first-order valence-corrected chi connectivity index (χ1v) is 6.80. The van der Waals surface area contributed by atoms with Gasteiger partial charge in [0.15, 0.2) is 5.15 Å². The van der Waals surface area contributed by atoms with Crippen LogP contribution in [0.15, 0.2) is 36.5 Å². The summed E-state index contributed by atoms with van der Waals surface area (Å²) in [7, 11) is 0. The van der Waals surface area contributed by atoms with Crippen LogP contribution >= 0.6 is 11.6 Å². The molecule has 0 aliphatic rings. The lowest BCUT2D eigenvalue weighted by molar-refractivity contribution is -0.117. The van der Waals surface area contributed by atoms with Gasteiger partial charge in [0.1, 0.15) is 5.75 Å². The number of nitrogens with zero attached hydrogens (tertiary/aromatic N) is 1. The molecule has 0 saturated carbocycles. The molecule has 0 radical (unpaired) electrons. The van der Waals surface area contributed by atoms with Crippen molar-refractivity contribution in [3.63, 3.8) is 0 Å². The molecule has 4 N–H and O–H groups in total. The predicted molar refractivity (Wildman–Crippen MR) is 82.4 cm³/mol. The van der Waals surface area contributed by atoms with Crippen LogP contribution in [0, 0.1) is 6.92 Å². The number of aryl methyl sites for hydroxylation is 1. The molecule has 1 heterocycles. The number of rotatable bonds is 4. The summed E-state index contributed by atoms with van der Waals surface area (Å²) in [5, 5.41) is 12.2. The van der Waals surface area contributed by atoms with E-state index in [2.05, 4.69) is 10.3 Å². The first kappa shape index (κ1) is 15.3. The number of carbonyl (C=O) groups is 1. The van der Waals surface area contributed by atoms with Crippen LogP contribution in [0.2, 0.25) is 5.15 Å². The van der Waals surface area contributed by atoms with E-state index < -0.39 is 6.04 Å². The molecule has 0 saturated heterocycles. The highest BCUT2D eigenvalue weighted by molar-refractivity contribution is 6.32. The maximum absolute atomic E-state index is 12.1. The standard InChI is InChI=1S/C15H16ClN3O2/c1-9-6-7-18-14(16)13(9)19-15(21)12(17)8-10-2-4-11(20)5-3-10/h2-7,12,20H,8,17H2,1H3,(H,19,21)/t12-/m1/s1. The Morgan fingerprint density at radius 2 is 2.05 bits per heavy atom. The van der Waals surface area contributed by atoms with Crippen LogP contribution in [0.4, 0.5) is 5.69 Å². The smallest absolute Gasteiger partial charge is 0.241 e. The molecule has 1 aromatic heterocycles. The lowest BCUT2D eigenvalue weighted by atomic mass is 10.1.